The molecule has 4 nitrogen and oxygen atoms in total. The summed E-state index contributed by atoms with van der Waals surface area (Å²) in [6.45, 7) is 8.60. The molecule has 0 aromatic heterocycles. The van der Waals surface area contributed by atoms with Crippen LogP contribution in [0, 0.1) is 0 Å². The van der Waals surface area contributed by atoms with Crippen molar-refractivity contribution in [3.8, 4) is 0 Å². The van der Waals surface area contributed by atoms with Gasteiger partial charge in [0.2, 0.25) is 0 Å². The Labute approximate surface area is 118 Å². The molecule has 0 spiro atoms. The first-order valence-corrected chi connectivity index (χ1v) is 7.93. The number of piperazine rings is 1. The van der Waals surface area contributed by atoms with E-state index in [-0.39, 0.29) is 12.1 Å². The third-order valence-electron chi connectivity index (χ3n) is 4.88. The van der Waals surface area contributed by atoms with E-state index < -0.39 is 0 Å². The van der Waals surface area contributed by atoms with Gasteiger partial charge >= 0.3 is 0 Å². The van der Waals surface area contributed by atoms with Crippen LogP contribution in [-0.4, -0.2) is 72.9 Å². The highest BCUT2D eigenvalue weighted by Gasteiger charge is 2.30. The van der Waals surface area contributed by atoms with E-state index in [0.717, 1.165) is 12.5 Å². The van der Waals surface area contributed by atoms with Crippen LogP contribution in [0.4, 0.5) is 0 Å². The van der Waals surface area contributed by atoms with E-state index in [0.29, 0.717) is 0 Å². The molecule has 0 radical (unpaired) electrons. The molecular weight excluding hydrogens is 238 g/mol. The Bertz CT molecular complexity index is 256. The van der Waals surface area contributed by atoms with Gasteiger partial charge in [-0.25, -0.2) is 0 Å². The third-order valence-corrected chi connectivity index (χ3v) is 4.88. The van der Waals surface area contributed by atoms with Crippen molar-refractivity contribution in [2.24, 2.45) is 0 Å². The molecule has 0 bridgehead atoms. The fourth-order valence-corrected chi connectivity index (χ4v) is 2.93. The Hall–Kier alpha value is -0.160. The van der Waals surface area contributed by atoms with Crippen molar-refractivity contribution in [1.82, 2.24) is 15.1 Å². The first kappa shape index (κ1) is 15.2. The van der Waals surface area contributed by atoms with E-state index in [1.54, 1.807) is 0 Å². The highest BCUT2D eigenvalue weighted by molar-refractivity contribution is 4.87. The fourth-order valence-electron chi connectivity index (χ4n) is 2.93. The first-order valence-electron chi connectivity index (χ1n) is 7.93. The van der Waals surface area contributed by atoms with Gasteiger partial charge < -0.3 is 15.3 Å². The van der Waals surface area contributed by atoms with E-state index in [1.165, 1.54) is 58.4 Å². The standard InChI is InChI=1S/C15H31N3O/c1-15(13-19,16-2)7-3-4-8-17-9-11-18(12-10-17)14-5-6-14/h14,16,19H,3-13H2,1-2H3. The van der Waals surface area contributed by atoms with Gasteiger partial charge in [-0.15, -0.1) is 0 Å². The van der Waals surface area contributed by atoms with Gasteiger partial charge in [-0.05, 0) is 46.2 Å². The van der Waals surface area contributed by atoms with Gasteiger partial charge in [0.05, 0.1) is 6.61 Å². The summed E-state index contributed by atoms with van der Waals surface area (Å²) in [4.78, 5) is 5.27. The summed E-state index contributed by atoms with van der Waals surface area (Å²) in [5, 5.41) is 12.6. The SMILES string of the molecule is CNC(C)(CO)CCCCN1CCN(C2CC2)CC1. The second kappa shape index (κ2) is 7.02. The largest absolute Gasteiger partial charge is 0.394 e. The molecule has 2 aliphatic rings. The molecular formula is C15H31N3O. The molecule has 19 heavy (non-hydrogen) atoms. The first-order chi connectivity index (χ1) is 9.17. The van der Waals surface area contributed by atoms with Gasteiger partial charge in [-0.3, -0.25) is 4.90 Å². The molecule has 1 aliphatic carbocycles. The quantitative estimate of drug-likeness (QED) is 0.643. The Morgan fingerprint density at radius 2 is 1.84 bits per heavy atom. The molecule has 1 saturated heterocycles. The van der Waals surface area contributed by atoms with Crippen molar-refractivity contribution >= 4 is 0 Å². The van der Waals surface area contributed by atoms with Gasteiger partial charge in [-0.2, -0.15) is 0 Å². The molecule has 2 fully saturated rings. The van der Waals surface area contributed by atoms with E-state index in [4.69, 9.17) is 0 Å². The minimum Gasteiger partial charge on any atom is -0.394 e. The van der Waals surface area contributed by atoms with E-state index >= 15 is 0 Å². The smallest absolute Gasteiger partial charge is 0.0610 e. The average molecular weight is 269 g/mol. The summed E-state index contributed by atoms with van der Waals surface area (Å²) < 4.78 is 0. The minimum absolute atomic E-state index is 0.0926. The van der Waals surface area contributed by atoms with Crippen LogP contribution in [-0.2, 0) is 0 Å². The van der Waals surface area contributed by atoms with Gasteiger partial charge in [0.15, 0.2) is 0 Å². The normalized spacial score (nSPS) is 25.4. The molecule has 0 amide bonds. The lowest BCUT2D eigenvalue weighted by molar-refractivity contribution is 0.122. The van der Waals surface area contributed by atoms with Crippen molar-refractivity contribution < 1.29 is 5.11 Å². The van der Waals surface area contributed by atoms with Crippen LogP contribution >= 0.6 is 0 Å². The lowest BCUT2D eigenvalue weighted by atomic mass is 9.96. The topological polar surface area (TPSA) is 38.7 Å². The highest BCUT2D eigenvalue weighted by atomic mass is 16.3. The monoisotopic (exact) mass is 269 g/mol. The molecule has 1 aliphatic heterocycles. The van der Waals surface area contributed by atoms with E-state index in [2.05, 4.69) is 22.0 Å². The van der Waals surface area contributed by atoms with Crippen LogP contribution < -0.4 is 5.32 Å². The Morgan fingerprint density at radius 3 is 2.37 bits per heavy atom. The number of aliphatic hydroxyl groups is 1. The summed E-state index contributed by atoms with van der Waals surface area (Å²) in [6.07, 6.45) is 6.37. The summed E-state index contributed by atoms with van der Waals surface area (Å²) in [6, 6.07) is 0.933. The van der Waals surface area contributed by atoms with Crippen molar-refractivity contribution in [3.05, 3.63) is 0 Å². The van der Waals surface area contributed by atoms with Crippen LogP contribution in [0.1, 0.15) is 39.0 Å². The predicted molar refractivity (Wildman–Crippen MR) is 79.4 cm³/mol. The molecule has 1 unspecified atom stereocenters. The van der Waals surface area contributed by atoms with Crippen molar-refractivity contribution in [1.29, 1.82) is 0 Å². The molecule has 112 valence electrons. The van der Waals surface area contributed by atoms with Gasteiger partial charge in [0, 0.05) is 37.8 Å². The summed E-state index contributed by atoms with van der Waals surface area (Å²) in [5.74, 6) is 0. The molecule has 2 rings (SSSR count). The molecule has 1 saturated carbocycles. The maximum Gasteiger partial charge on any atom is 0.0610 e. The molecule has 4 heteroatoms. The highest BCUT2D eigenvalue weighted by Crippen LogP contribution is 2.27. The van der Waals surface area contributed by atoms with Crippen LogP contribution in [0.3, 0.4) is 0 Å². The Kier molecular flexibility index (Phi) is 5.63. The van der Waals surface area contributed by atoms with Crippen LogP contribution in [0.25, 0.3) is 0 Å². The van der Waals surface area contributed by atoms with E-state index in [1.807, 2.05) is 7.05 Å². The van der Waals surface area contributed by atoms with Crippen molar-refractivity contribution in [2.75, 3.05) is 46.4 Å². The third kappa shape index (κ3) is 4.71. The number of hydrogen-bond acceptors (Lipinski definition) is 4. The van der Waals surface area contributed by atoms with Gasteiger partial charge in [-0.1, -0.05) is 6.42 Å². The van der Waals surface area contributed by atoms with Crippen molar-refractivity contribution in [3.63, 3.8) is 0 Å². The molecule has 0 aromatic rings. The number of likely N-dealkylation sites (N-methyl/N-ethyl adjacent to an activating group) is 1. The maximum absolute atomic E-state index is 9.34. The number of hydrogen-bond donors (Lipinski definition) is 2. The summed E-state index contributed by atoms with van der Waals surface area (Å²) in [5.41, 5.74) is -0.0926. The lowest BCUT2D eigenvalue weighted by Gasteiger charge is -2.35. The number of nitrogens with one attached hydrogen (secondary N) is 1. The summed E-state index contributed by atoms with van der Waals surface area (Å²) >= 11 is 0. The molecule has 1 atom stereocenters. The number of unbranched alkanes of at least 4 members (excludes halogenated alkanes) is 1. The Morgan fingerprint density at radius 1 is 1.16 bits per heavy atom. The Balaban J connectivity index is 1.54. The second-order valence-electron chi connectivity index (χ2n) is 6.53. The van der Waals surface area contributed by atoms with E-state index in [9.17, 15) is 5.11 Å². The zero-order chi connectivity index (χ0) is 13.7. The average Bonchev–Trinajstić information content (AvgIpc) is 3.29. The van der Waals surface area contributed by atoms with Gasteiger partial charge in [0.1, 0.15) is 0 Å². The molecule has 2 N–H and O–H groups in total. The van der Waals surface area contributed by atoms with Gasteiger partial charge in [0.25, 0.3) is 0 Å². The van der Waals surface area contributed by atoms with Crippen LogP contribution in [0.5, 0.6) is 0 Å². The predicted octanol–water partition coefficient (Wildman–Crippen LogP) is 0.907. The number of aliphatic hydroxyl groups excluding tert-OH is 1. The fraction of sp³-hybridized carbons (Fsp3) is 1.00. The zero-order valence-corrected chi connectivity index (χ0v) is 12.7. The zero-order valence-electron chi connectivity index (χ0n) is 12.7. The number of rotatable bonds is 8. The maximum atomic E-state index is 9.34. The molecule has 0 aromatic carbocycles. The van der Waals surface area contributed by atoms with Crippen LogP contribution in [0.2, 0.25) is 0 Å². The van der Waals surface area contributed by atoms with Crippen LogP contribution in [0.15, 0.2) is 0 Å². The summed E-state index contributed by atoms with van der Waals surface area (Å²) in [7, 11) is 1.94. The second-order valence-corrected chi connectivity index (χ2v) is 6.53. The lowest BCUT2D eigenvalue weighted by Crippen LogP contribution is -2.47. The molecule has 1 heterocycles. The number of nitrogens with zero attached hydrogens (tertiary/aromatic N) is 2. The van der Waals surface area contributed by atoms with Crippen molar-refractivity contribution in [2.45, 2.75) is 50.6 Å². The minimum atomic E-state index is -0.0926.